The van der Waals surface area contributed by atoms with E-state index < -0.39 is 0 Å². The van der Waals surface area contributed by atoms with Gasteiger partial charge >= 0.3 is 0 Å². The molecule has 5 heteroatoms. The highest BCUT2D eigenvalue weighted by molar-refractivity contribution is 6.26. The van der Waals surface area contributed by atoms with Crippen LogP contribution < -0.4 is 15.0 Å². The number of nitrogens with one attached hydrogen (secondary N) is 1. The molecule has 0 spiro atoms. The Labute approximate surface area is 163 Å². The van der Waals surface area contributed by atoms with Crippen LogP contribution in [0.1, 0.15) is 22.8 Å². The largest absolute Gasteiger partial charge is 0.492 e. The van der Waals surface area contributed by atoms with Crippen molar-refractivity contribution in [2.45, 2.75) is 13.3 Å². The Morgan fingerprint density at radius 3 is 2.54 bits per heavy atom. The first-order valence-corrected chi connectivity index (χ1v) is 9.49. The van der Waals surface area contributed by atoms with Crippen LogP contribution >= 0.6 is 0 Å². The third kappa shape index (κ3) is 3.43. The normalized spacial score (nSPS) is 12.5. The summed E-state index contributed by atoms with van der Waals surface area (Å²) < 4.78 is 5.65. The Morgan fingerprint density at radius 2 is 1.79 bits per heavy atom. The van der Waals surface area contributed by atoms with Gasteiger partial charge in [-0.05, 0) is 41.6 Å². The van der Waals surface area contributed by atoms with Crippen molar-refractivity contribution in [2.24, 2.45) is 0 Å². The topological polar surface area (TPSA) is 58.6 Å². The summed E-state index contributed by atoms with van der Waals surface area (Å²) in [6.07, 6.45) is 0.989. The fourth-order valence-corrected chi connectivity index (χ4v) is 3.52. The maximum absolute atomic E-state index is 12.7. The molecule has 0 unspecified atom stereocenters. The van der Waals surface area contributed by atoms with E-state index in [0.717, 1.165) is 28.6 Å². The van der Waals surface area contributed by atoms with Crippen molar-refractivity contribution in [3.63, 3.8) is 0 Å². The molecule has 1 aliphatic rings. The second kappa shape index (κ2) is 7.72. The van der Waals surface area contributed by atoms with Gasteiger partial charge in [-0.25, -0.2) is 0 Å². The monoisotopic (exact) mass is 374 g/mol. The van der Waals surface area contributed by atoms with Gasteiger partial charge in [0.25, 0.3) is 5.91 Å². The zero-order valence-corrected chi connectivity index (χ0v) is 15.8. The highest BCUT2D eigenvalue weighted by Crippen LogP contribution is 2.36. The summed E-state index contributed by atoms with van der Waals surface area (Å²) >= 11 is 0. The lowest BCUT2D eigenvalue weighted by Gasteiger charge is -2.17. The molecule has 4 rings (SSSR count). The lowest BCUT2D eigenvalue weighted by Crippen LogP contribution is -2.40. The van der Waals surface area contributed by atoms with Gasteiger partial charge in [0.05, 0.1) is 12.2 Å². The van der Waals surface area contributed by atoms with Crippen LogP contribution in [0.3, 0.4) is 0 Å². The molecule has 0 aliphatic carbocycles. The summed E-state index contributed by atoms with van der Waals surface area (Å²) in [4.78, 5) is 26.6. The first-order chi connectivity index (χ1) is 13.7. The van der Waals surface area contributed by atoms with Crippen molar-refractivity contribution < 1.29 is 14.3 Å². The smallest absolute Gasteiger partial charge is 0.259 e. The molecule has 28 heavy (non-hydrogen) atoms. The van der Waals surface area contributed by atoms with Gasteiger partial charge in [-0.1, -0.05) is 43.3 Å². The maximum atomic E-state index is 12.7. The van der Waals surface area contributed by atoms with Crippen LogP contribution in [-0.4, -0.2) is 31.5 Å². The van der Waals surface area contributed by atoms with Crippen molar-refractivity contribution >= 4 is 28.3 Å². The molecule has 2 amide bonds. The van der Waals surface area contributed by atoms with Crippen molar-refractivity contribution in [1.29, 1.82) is 0 Å². The molecule has 0 saturated heterocycles. The molecule has 0 atom stereocenters. The number of carbonyl (C=O) groups excluding carboxylic acids is 2. The molecular formula is C23H22N2O3. The summed E-state index contributed by atoms with van der Waals surface area (Å²) in [6.45, 7) is 2.86. The van der Waals surface area contributed by atoms with E-state index in [1.165, 1.54) is 10.5 Å². The van der Waals surface area contributed by atoms with E-state index in [2.05, 4.69) is 12.2 Å². The van der Waals surface area contributed by atoms with Gasteiger partial charge in [0.15, 0.2) is 0 Å². The van der Waals surface area contributed by atoms with Crippen LogP contribution in [-0.2, 0) is 11.2 Å². The first kappa shape index (κ1) is 18.0. The summed E-state index contributed by atoms with van der Waals surface area (Å²) in [7, 11) is 0. The number of aryl methyl sites for hydroxylation is 1. The molecule has 5 nitrogen and oxygen atoms in total. The van der Waals surface area contributed by atoms with Gasteiger partial charge in [-0.15, -0.1) is 0 Å². The van der Waals surface area contributed by atoms with Crippen LogP contribution in [0.2, 0.25) is 0 Å². The first-order valence-electron chi connectivity index (χ1n) is 9.49. The number of carbonyl (C=O) groups is 2. The molecule has 142 valence electrons. The van der Waals surface area contributed by atoms with E-state index in [1.54, 1.807) is 0 Å². The molecule has 0 radical (unpaired) electrons. The zero-order valence-electron chi connectivity index (χ0n) is 15.8. The number of benzene rings is 3. The molecule has 3 aromatic rings. The maximum Gasteiger partial charge on any atom is 0.259 e. The van der Waals surface area contributed by atoms with E-state index in [9.17, 15) is 9.59 Å². The second-order valence-corrected chi connectivity index (χ2v) is 6.77. The van der Waals surface area contributed by atoms with Crippen LogP contribution in [0.5, 0.6) is 5.75 Å². The Balaban J connectivity index is 1.32. The van der Waals surface area contributed by atoms with Gasteiger partial charge in [0.1, 0.15) is 18.9 Å². The van der Waals surface area contributed by atoms with E-state index in [4.69, 9.17) is 4.74 Å². The van der Waals surface area contributed by atoms with Gasteiger partial charge in [0, 0.05) is 10.9 Å². The van der Waals surface area contributed by atoms with E-state index in [-0.39, 0.29) is 18.4 Å². The third-order valence-corrected chi connectivity index (χ3v) is 4.98. The molecule has 0 fully saturated rings. The number of hydrogen-bond donors (Lipinski definition) is 1. The van der Waals surface area contributed by atoms with Gasteiger partial charge in [-0.3, -0.25) is 14.5 Å². The molecule has 1 N–H and O–H groups in total. The second-order valence-electron chi connectivity index (χ2n) is 6.77. The Bertz CT molecular complexity index is 1020. The highest BCUT2D eigenvalue weighted by atomic mass is 16.5. The van der Waals surface area contributed by atoms with Crippen molar-refractivity contribution in [2.75, 3.05) is 24.6 Å². The fraction of sp³-hybridized carbons (Fsp3) is 0.217. The SMILES string of the molecule is CCc1ccc(OCCNC(=O)CN2C(=O)c3cccc4cccc2c34)cc1. The van der Waals surface area contributed by atoms with Gasteiger partial charge in [0.2, 0.25) is 5.91 Å². The van der Waals surface area contributed by atoms with Crippen LogP contribution in [0.15, 0.2) is 60.7 Å². The van der Waals surface area contributed by atoms with Crippen LogP contribution in [0.25, 0.3) is 10.8 Å². The minimum Gasteiger partial charge on any atom is -0.492 e. The number of nitrogens with zero attached hydrogens (tertiary/aromatic N) is 1. The van der Waals surface area contributed by atoms with E-state index in [1.807, 2.05) is 60.7 Å². The molecule has 0 aromatic heterocycles. The molecular weight excluding hydrogens is 352 g/mol. The molecule has 3 aromatic carbocycles. The number of rotatable bonds is 7. The molecule has 0 bridgehead atoms. The average Bonchev–Trinajstić information content (AvgIpc) is 3.00. The quantitative estimate of drug-likeness (QED) is 0.644. The third-order valence-electron chi connectivity index (χ3n) is 4.98. The Kier molecular flexibility index (Phi) is 4.98. The standard InChI is InChI=1S/C23H22N2O3/c1-2-16-9-11-18(12-10-16)28-14-13-24-21(26)15-25-20-8-4-6-17-5-3-7-19(22(17)20)23(25)27/h3-12H,2,13-15H2,1H3,(H,24,26). The number of ether oxygens (including phenoxy) is 1. The van der Waals surface area contributed by atoms with Crippen LogP contribution in [0.4, 0.5) is 5.69 Å². The minimum atomic E-state index is -0.205. The summed E-state index contributed by atoms with van der Waals surface area (Å²) in [5.74, 6) is 0.445. The number of anilines is 1. The van der Waals surface area contributed by atoms with E-state index in [0.29, 0.717) is 18.7 Å². The van der Waals surface area contributed by atoms with Gasteiger partial charge in [-0.2, -0.15) is 0 Å². The Morgan fingerprint density at radius 1 is 1.04 bits per heavy atom. The van der Waals surface area contributed by atoms with Crippen molar-refractivity contribution in [3.8, 4) is 5.75 Å². The predicted molar refractivity (Wildman–Crippen MR) is 110 cm³/mol. The summed E-state index contributed by atoms with van der Waals surface area (Å²) in [5, 5.41) is 4.75. The van der Waals surface area contributed by atoms with Crippen molar-refractivity contribution in [3.05, 3.63) is 71.8 Å². The zero-order chi connectivity index (χ0) is 19.5. The molecule has 1 heterocycles. The van der Waals surface area contributed by atoms with E-state index >= 15 is 0 Å². The summed E-state index contributed by atoms with van der Waals surface area (Å²) in [5.41, 5.74) is 2.70. The van der Waals surface area contributed by atoms with Crippen LogP contribution in [0, 0.1) is 0 Å². The van der Waals surface area contributed by atoms with Gasteiger partial charge < -0.3 is 10.1 Å². The van der Waals surface area contributed by atoms with Crippen molar-refractivity contribution in [1.82, 2.24) is 5.32 Å². The average molecular weight is 374 g/mol. The molecule has 1 aliphatic heterocycles. The fourth-order valence-electron chi connectivity index (χ4n) is 3.52. The lowest BCUT2D eigenvalue weighted by atomic mass is 10.1. The number of hydrogen-bond acceptors (Lipinski definition) is 3. The minimum absolute atomic E-state index is 0.00216. The summed E-state index contributed by atoms with van der Waals surface area (Å²) in [6, 6.07) is 19.3. The lowest BCUT2D eigenvalue weighted by molar-refractivity contribution is -0.119. The molecule has 0 saturated carbocycles. The number of amides is 2. The highest BCUT2D eigenvalue weighted by Gasteiger charge is 2.30. The Hall–Kier alpha value is -3.34. The predicted octanol–water partition coefficient (Wildman–Crippen LogP) is 3.56.